The Balaban J connectivity index is 2.71. The molecule has 0 aliphatic carbocycles. The van der Waals surface area contributed by atoms with Crippen LogP contribution in [0, 0.1) is 0 Å². The molecular formula is C12H16F3N. The summed E-state index contributed by atoms with van der Waals surface area (Å²) in [4.78, 5) is 1.38. The summed E-state index contributed by atoms with van der Waals surface area (Å²) in [7, 11) is 0. The number of rotatable bonds is 5. The second-order valence-electron chi connectivity index (χ2n) is 3.73. The number of halogens is 3. The second-order valence-corrected chi connectivity index (χ2v) is 3.73. The van der Waals surface area contributed by atoms with Gasteiger partial charge in [0, 0.05) is 12.2 Å². The second kappa shape index (κ2) is 5.77. The van der Waals surface area contributed by atoms with E-state index in [0.717, 1.165) is 12.8 Å². The first-order chi connectivity index (χ1) is 7.53. The maximum atomic E-state index is 12.4. The van der Waals surface area contributed by atoms with Gasteiger partial charge in [0.25, 0.3) is 0 Å². The summed E-state index contributed by atoms with van der Waals surface area (Å²) in [5.41, 5.74) is 0.633. The maximum Gasteiger partial charge on any atom is 0.405 e. The standard InChI is InChI=1S/C12H16F3N/c1-2-3-9-16(10-12(13,14)15)11-7-5-4-6-8-11/h4-8H,2-3,9-10H2,1H3. The van der Waals surface area contributed by atoms with Gasteiger partial charge in [-0.1, -0.05) is 31.5 Å². The summed E-state index contributed by atoms with van der Waals surface area (Å²) >= 11 is 0. The third kappa shape index (κ3) is 4.55. The van der Waals surface area contributed by atoms with Crippen molar-refractivity contribution in [2.75, 3.05) is 18.0 Å². The Labute approximate surface area is 93.9 Å². The third-order valence-corrected chi connectivity index (χ3v) is 2.27. The first kappa shape index (κ1) is 12.9. The average molecular weight is 231 g/mol. The van der Waals surface area contributed by atoms with E-state index in [1.54, 1.807) is 30.3 Å². The van der Waals surface area contributed by atoms with Gasteiger partial charge in [-0.05, 0) is 18.6 Å². The molecule has 4 heteroatoms. The monoisotopic (exact) mass is 231 g/mol. The van der Waals surface area contributed by atoms with Gasteiger partial charge >= 0.3 is 6.18 Å². The minimum Gasteiger partial charge on any atom is -0.363 e. The normalized spacial score (nSPS) is 11.5. The molecule has 1 nitrogen and oxygen atoms in total. The van der Waals surface area contributed by atoms with Crippen LogP contribution in [-0.4, -0.2) is 19.3 Å². The van der Waals surface area contributed by atoms with Crippen LogP contribution in [0.3, 0.4) is 0 Å². The number of benzene rings is 1. The molecule has 16 heavy (non-hydrogen) atoms. The highest BCUT2D eigenvalue weighted by atomic mass is 19.4. The number of para-hydroxylation sites is 1. The Morgan fingerprint density at radius 2 is 1.75 bits per heavy atom. The number of anilines is 1. The van der Waals surface area contributed by atoms with E-state index >= 15 is 0 Å². The number of nitrogens with zero attached hydrogens (tertiary/aromatic N) is 1. The van der Waals surface area contributed by atoms with E-state index in [2.05, 4.69) is 0 Å². The predicted octanol–water partition coefficient (Wildman–Crippen LogP) is 3.86. The molecule has 0 amide bonds. The number of hydrogen-bond acceptors (Lipinski definition) is 1. The molecule has 0 atom stereocenters. The van der Waals surface area contributed by atoms with Gasteiger partial charge in [-0.2, -0.15) is 13.2 Å². The van der Waals surface area contributed by atoms with Crippen molar-refractivity contribution >= 4 is 5.69 Å². The lowest BCUT2D eigenvalue weighted by Gasteiger charge is -2.25. The SMILES string of the molecule is CCCCN(CC(F)(F)F)c1ccccc1. The maximum absolute atomic E-state index is 12.4. The van der Waals surface area contributed by atoms with Gasteiger partial charge in [0.1, 0.15) is 6.54 Å². The van der Waals surface area contributed by atoms with E-state index in [1.165, 1.54) is 4.90 Å². The molecule has 0 N–H and O–H groups in total. The topological polar surface area (TPSA) is 3.24 Å². The number of hydrogen-bond donors (Lipinski definition) is 0. The third-order valence-electron chi connectivity index (χ3n) is 2.27. The van der Waals surface area contributed by atoms with E-state index < -0.39 is 12.7 Å². The van der Waals surface area contributed by atoms with Crippen LogP contribution in [-0.2, 0) is 0 Å². The Morgan fingerprint density at radius 1 is 1.12 bits per heavy atom. The smallest absolute Gasteiger partial charge is 0.363 e. The lowest BCUT2D eigenvalue weighted by Crippen LogP contribution is -2.34. The van der Waals surface area contributed by atoms with Crippen LogP contribution in [0.25, 0.3) is 0 Å². The largest absolute Gasteiger partial charge is 0.405 e. The van der Waals surface area contributed by atoms with Crippen molar-refractivity contribution < 1.29 is 13.2 Å². The van der Waals surface area contributed by atoms with Gasteiger partial charge in [-0.3, -0.25) is 0 Å². The molecule has 0 aromatic heterocycles. The van der Waals surface area contributed by atoms with Gasteiger partial charge < -0.3 is 4.90 Å². The van der Waals surface area contributed by atoms with Crippen molar-refractivity contribution in [2.24, 2.45) is 0 Å². The molecule has 0 spiro atoms. The zero-order chi connectivity index (χ0) is 12.0. The van der Waals surface area contributed by atoms with Crippen LogP contribution in [0.2, 0.25) is 0 Å². The molecule has 0 radical (unpaired) electrons. The molecule has 0 unspecified atom stereocenters. The molecule has 0 fully saturated rings. The predicted molar refractivity (Wildman–Crippen MR) is 59.6 cm³/mol. The van der Waals surface area contributed by atoms with E-state index in [-0.39, 0.29) is 0 Å². The van der Waals surface area contributed by atoms with Gasteiger partial charge in [0.2, 0.25) is 0 Å². The van der Waals surface area contributed by atoms with Crippen molar-refractivity contribution in [3.8, 4) is 0 Å². The fourth-order valence-electron chi connectivity index (χ4n) is 1.50. The van der Waals surface area contributed by atoms with E-state index in [0.29, 0.717) is 12.2 Å². The Kier molecular flexibility index (Phi) is 4.65. The molecule has 1 aromatic rings. The molecule has 1 rings (SSSR count). The van der Waals surface area contributed by atoms with Crippen molar-refractivity contribution in [2.45, 2.75) is 25.9 Å². The summed E-state index contributed by atoms with van der Waals surface area (Å²) in [6.07, 6.45) is -2.49. The Morgan fingerprint density at radius 3 is 2.25 bits per heavy atom. The summed E-state index contributed by atoms with van der Waals surface area (Å²) < 4.78 is 37.1. The van der Waals surface area contributed by atoms with E-state index in [9.17, 15) is 13.2 Å². The first-order valence-corrected chi connectivity index (χ1v) is 5.39. The van der Waals surface area contributed by atoms with Crippen LogP contribution < -0.4 is 4.90 Å². The van der Waals surface area contributed by atoms with Crippen LogP contribution in [0.15, 0.2) is 30.3 Å². The molecule has 0 aliphatic heterocycles. The molecule has 90 valence electrons. The van der Waals surface area contributed by atoms with E-state index in [4.69, 9.17) is 0 Å². The molecule has 0 saturated carbocycles. The fraction of sp³-hybridized carbons (Fsp3) is 0.500. The molecule has 0 aliphatic rings. The molecule has 0 heterocycles. The summed E-state index contributed by atoms with van der Waals surface area (Å²) in [5, 5.41) is 0. The fourth-order valence-corrected chi connectivity index (χ4v) is 1.50. The average Bonchev–Trinajstić information content (AvgIpc) is 2.24. The Hall–Kier alpha value is -1.19. The summed E-state index contributed by atoms with van der Waals surface area (Å²) in [6, 6.07) is 8.73. The van der Waals surface area contributed by atoms with Gasteiger partial charge in [-0.15, -0.1) is 0 Å². The van der Waals surface area contributed by atoms with Crippen molar-refractivity contribution in [1.29, 1.82) is 0 Å². The highest BCUT2D eigenvalue weighted by molar-refractivity contribution is 5.46. The lowest BCUT2D eigenvalue weighted by molar-refractivity contribution is -0.119. The van der Waals surface area contributed by atoms with Crippen molar-refractivity contribution in [3.63, 3.8) is 0 Å². The number of unbranched alkanes of at least 4 members (excludes halogenated alkanes) is 1. The molecule has 1 aromatic carbocycles. The number of alkyl halides is 3. The van der Waals surface area contributed by atoms with Gasteiger partial charge in [0.05, 0.1) is 0 Å². The first-order valence-electron chi connectivity index (χ1n) is 5.39. The van der Waals surface area contributed by atoms with Gasteiger partial charge in [0.15, 0.2) is 0 Å². The Bertz CT molecular complexity index is 295. The van der Waals surface area contributed by atoms with Crippen LogP contribution in [0.5, 0.6) is 0 Å². The molecule has 0 saturated heterocycles. The summed E-state index contributed by atoms with van der Waals surface area (Å²) in [6.45, 7) is 1.54. The zero-order valence-electron chi connectivity index (χ0n) is 9.30. The van der Waals surface area contributed by atoms with Crippen LogP contribution in [0.1, 0.15) is 19.8 Å². The van der Waals surface area contributed by atoms with Crippen LogP contribution in [0.4, 0.5) is 18.9 Å². The highest BCUT2D eigenvalue weighted by Gasteiger charge is 2.30. The van der Waals surface area contributed by atoms with Crippen molar-refractivity contribution in [1.82, 2.24) is 0 Å². The minimum atomic E-state index is -4.15. The van der Waals surface area contributed by atoms with Gasteiger partial charge in [-0.25, -0.2) is 0 Å². The molecule has 0 bridgehead atoms. The highest BCUT2D eigenvalue weighted by Crippen LogP contribution is 2.22. The quantitative estimate of drug-likeness (QED) is 0.743. The molecular weight excluding hydrogens is 215 g/mol. The zero-order valence-corrected chi connectivity index (χ0v) is 9.30. The minimum absolute atomic E-state index is 0.444. The van der Waals surface area contributed by atoms with Crippen molar-refractivity contribution in [3.05, 3.63) is 30.3 Å². The lowest BCUT2D eigenvalue weighted by atomic mass is 10.2. The van der Waals surface area contributed by atoms with Crippen LogP contribution >= 0.6 is 0 Å². The van der Waals surface area contributed by atoms with E-state index in [1.807, 2.05) is 6.92 Å². The summed E-state index contributed by atoms with van der Waals surface area (Å²) in [5.74, 6) is 0.